The van der Waals surface area contributed by atoms with Crippen molar-refractivity contribution in [2.75, 3.05) is 25.0 Å². The second-order valence-electron chi connectivity index (χ2n) is 7.58. The summed E-state index contributed by atoms with van der Waals surface area (Å²) in [6, 6.07) is 7.72. The van der Waals surface area contributed by atoms with Crippen LogP contribution in [-0.4, -0.2) is 51.7 Å². The topological polar surface area (TPSA) is 133 Å². The van der Waals surface area contributed by atoms with E-state index in [1.807, 2.05) is 0 Å². The van der Waals surface area contributed by atoms with Crippen LogP contribution in [0.25, 0.3) is 0 Å². The first-order chi connectivity index (χ1) is 18.7. The molecule has 0 aliphatic heterocycles. The molecule has 3 aromatic rings. The zero-order chi connectivity index (χ0) is 29.7. The number of pyridine rings is 1. The summed E-state index contributed by atoms with van der Waals surface area (Å²) in [6.45, 7) is 0.116. The Hall–Kier alpha value is -3.30. The molecule has 0 aliphatic carbocycles. The van der Waals surface area contributed by atoms with Gasteiger partial charge in [-0.2, -0.15) is 13.2 Å². The number of nitrogens with one attached hydrogen (secondary N) is 2. The van der Waals surface area contributed by atoms with Crippen LogP contribution in [0.4, 0.5) is 18.9 Å². The van der Waals surface area contributed by atoms with Crippen molar-refractivity contribution in [1.82, 2.24) is 10.3 Å². The lowest BCUT2D eigenvalue weighted by Crippen LogP contribution is -2.30. The van der Waals surface area contributed by atoms with Crippen molar-refractivity contribution in [2.45, 2.75) is 11.1 Å². The zero-order valence-electron chi connectivity index (χ0n) is 20.0. The van der Waals surface area contributed by atoms with Crippen molar-refractivity contribution in [3.63, 3.8) is 0 Å². The summed E-state index contributed by atoms with van der Waals surface area (Å²) in [5.74, 6) is -4.91. The summed E-state index contributed by atoms with van der Waals surface area (Å²) < 4.78 is 81.5. The molecule has 0 unspecified atom stereocenters. The van der Waals surface area contributed by atoms with Crippen molar-refractivity contribution >= 4 is 62.4 Å². The SMILES string of the molecule is COCCNC(=O)c1ccc(Oc2ncc(Cl)cc2NS(=O)(=O)c2ccc(Cl)c(Cl)c2)cc1OC(=O)C(F)(F)F. The predicted octanol–water partition coefficient (Wildman–Crippen LogP) is 5.48. The Morgan fingerprint density at radius 1 is 1.02 bits per heavy atom. The summed E-state index contributed by atoms with van der Waals surface area (Å²) in [5.41, 5.74) is -0.695. The molecule has 1 amide bonds. The molecule has 0 saturated carbocycles. The molecule has 0 radical (unpaired) electrons. The van der Waals surface area contributed by atoms with Gasteiger partial charge in [0.15, 0.2) is 0 Å². The standard InChI is InChI=1S/C23H17Cl3F3N3O7S/c1-37-7-6-30-20(33)15-4-2-13(9-19(15)39-22(34)23(27,28)29)38-21-18(8-12(24)11-31-21)32-40(35,36)14-3-5-16(25)17(26)10-14/h2-5,8-11,32H,6-7H2,1H3,(H,30,33). The van der Waals surface area contributed by atoms with Crippen molar-refractivity contribution in [3.05, 3.63) is 69.3 Å². The van der Waals surface area contributed by atoms with Crippen LogP contribution in [0.15, 0.2) is 53.6 Å². The zero-order valence-corrected chi connectivity index (χ0v) is 23.1. The first-order valence-corrected chi connectivity index (χ1v) is 13.3. The average molecular weight is 643 g/mol. The Labute approximate surface area is 240 Å². The highest BCUT2D eigenvalue weighted by atomic mass is 35.5. The van der Waals surface area contributed by atoms with Crippen LogP contribution >= 0.6 is 34.8 Å². The fourth-order valence-electron chi connectivity index (χ4n) is 2.90. The molecule has 214 valence electrons. The van der Waals surface area contributed by atoms with Crippen LogP contribution in [0.3, 0.4) is 0 Å². The number of carbonyl (C=O) groups excluding carboxylic acids is 2. The third-order valence-corrected chi connectivity index (χ3v) is 7.01. The van der Waals surface area contributed by atoms with Crippen LogP contribution in [0, 0.1) is 0 Å². The van der Waals surface area contributed by atoms with Gasteiger partial charge in [0.1, 0.15) is 17.2 Å². The molecule has 0 aliphatic rings. The number of methoxy groups -OCH3 is 1. The Morgan fingerprint density at radius 3 is 2.40 bits per heavy atom. The minimum absolute atomic E-state index is 0.00191. The van der Waals surface area contributed by atoms with Gasteiger partial charge in [-0.1, -0.05) is 34.8 Å². The predicted molar refractivity (Wildman–Crippen MR) is 139 cm³/mol. The van der Waals surface area contributed by atoms with Gasteiger partial charge in [0.2, 0.25) is 5.88 Å². The lowest BCUT2D eigenvalue weighted by Gasteiger charge is -2.15. The van der Waals surface area contributed by atoms with Gasteiger partial charge in [-0.25, -0.2) is 18.2 Å². The maximum atomic E-state index is 12.9. The molecule has 17 heteroatoms. The Kier molecular flexibility index (Phi) is 10.1. The number of hydrogen-bond donors (Lipinski definition) is 2. The summed E-state index contributed by atoms with van der Waals surface area (Å²) in [7, 11) is -2.91. The van der Waals surface area contributed by atoms with Crippen LogP contribution in [0.5, 0.6) is 17.4 Å². The number of rotatable bonds is 10. The van der Waals surface area contributed by atoms with Gasteiger partial charge in [0.25, 0.3) is 15.9 Å². The number of sulfonamides is 1. The number of benzene rings is 2. The van der Waals surface area contributed by atoms with Crippen molar-refractivity contribution < 1.29 is 45.4 Å². The molecule has 2 aromatic carbocycles. The highest BCUT2D eigenvalue weighted by Crippen LogP contribution is 2.35. The van der Waals surface area contributed by atoms with E-state index in [4.69, 9.17) is 44.3 Å². The van der Waals surface area contributed by atoms with E-state index >= 15 is 0 Å². The first-order valence-electron chi connectivity index (χ1n) is 10.7. The van der Waals surface area contributed by atoms with Crippen molar-refractivity contribution in [2.24, 2.45) is 0 Å². The maximum absolute atomic E-state index is 12.9. The number of carbonyl (C=O) groups is 2. The van der Waals surface area contributed by atoms with Gasteiger partial charge < -0.3 is 19.5 Å². The Bertz CT molecular complexity index is 1540. The van der Waals surface area contributed by atoms with Crippen LogP contribution < -0.4 is 19.5 Å². The molecule has 0 saturated heterocycles. The second kappa shape index (κ2) is 12.9. The highest BCUT2D eigenvalue weighted by Gasteiger charge is 2.42. The van der Waals surface area contributed by atoms with E-state index in [0.717, 1.165) is 36.5 Å². The molecule has 40 heavy (non-hydrogen) atoms. The minimum Gasteiger partial charge on any atom is -0.437 e. The fraction of sp³-hybridized carbons (Fsp3) is 0.174. The number of alkyl halides is 3. The van der Waals surface area contributed by atoms with E-state index in [0.29, 0.717) is 0 Å². The molecule has 0 fully saturated rings. The summed E-state index contributed by atoms with van der Waals surface area (Å²) in [5, 5.41) is 2.48. The van der Waals surface area contributed by atoms with Crippen molar-refractivity contribution in [1.29, 1.82) is 0 Å². The number of hydrogen-bond acceptors (Lipinski definition) is 8. The van der Waals surface area contributed by atoms with Crippen LogP contribution in [0.2, 0.25) is 15.1 Å². The van der Waals surface area contributed by atoms with Crippen molar-refractivity contribution in [3.8, 4) is 17.4 Å². The number of aromatic nitrogens is 1. The van der Waals surface area contributed by atoms with Gasteiger partial charge in [-0.15, -0.1) is 0 Å². The van der Waals surface area contributed by atoms with E-state index in [9.17, 15) is 31.2 Å². The number of esters is 1. The quantitative estimate of drug-likeness (QED) is 0.169. The molecule has 0 atom stereocenters. The lowest BCUT2D eigenvalue weighted by molar-refractivity contribution is -0.189. The molecule has 0 bridgehead atoms. The highest BCUT2D eigenvalue weighted by molar-refractivity contribution is 7.92. The number of amides is 1. The number of halogens is 6. The largest absolute Gasteiger partial charge is 0.491 e. The number of anilines is 1. The molecule has 0 spiro atoms. The molecular formula is C23H17Cl3F3N3O7S. The van der Waals surface area contributed by atoms with E-state index in [2.05, 4.69) is 19.8 Å². The fourth-order valence-corrected chi connectivity index (χ4v) is 4.49. The van der Waals surface area contributed by atoms with Gasteiger partial charge >= 0.3 is 12.1 Å². The maximum Gasteiger partial charge on any atom is 0.491 e. The summed E-state index contributed by atoms with van der Waals surface area (Å²) in [6.07, 6.45) is -4.26. The second-order valence-corrected chi connectivity index (χ2v) is 10.5. The molecule has 10 nitrogen and oxygen atoms in total. The number of nitrogens with zero attached hydrogens (tertiary/aromatic N) is 1. The first kappa shape index (κ1) is 31.2. The van der Waals surface area contributed by atoms with E-state index in [1.165, 1.54) is 19.2 Å². The third kappa shape index (κ3) is 8.11. The third-order valence-electron chi connectivity index (χ3n) is 4.70. The van der Waals surface area contributed by atoms with Crippen LogP contribution in [-0.2, 0) is 19.6 Å². The molecule has 1 aromatic heterocycles. The van der Waals surface area contributed by atoms with E-state index in [1.54, 1.807) is 0 Å². The summed E-state index contributed by atoms with van der Waals surface area (Å²) >= 11 is 17.7. The van der Waals surface area contributed by atoms with Gasteiger partial charge in [0.05, 0.1) is 32.1 Å². The van der Waals surface area contributed by atoms with E-state index < -0.39 is 45.3 Å². The van der Waals surface area contributed by atoms with Gasteiger partial charge in [-0.05, 0) is 36.4 Å². The molecule has 3 rings (SSSR count). The smallest absolute Gasteiger partial charge is 0.437 e. The van der Waals surface area contributed by atoms with Crippen LogP contribution in [0.1, 0.15) is 10.4 Å². The van der Waals surface area contributed by atoms with Gasteiger partial charge in [-0.3, -0.25) is 9.52 Å². The molecule has 2 N–H and O–H groups in total. The Balaban J connectivity index is 1.96. The van der Waals surface area contributed by atoms with E-state index in [-0.39, 0.29) is 44.6 Å². The summed E-state index contributed by atoms with van der Waals surface area (Å²) in [4.78, 5) is 27.6. The number of ether oxygens (including phenoxy) is 3. The minimum atomic E-state index is -5.37. The lowest BCUT2D eigenvalue weighted by atomic mass is 10.1. The molecule has 1 heterocycles. The molecular weight excluding hydrogens is 626 g/mol. The normalized spacial score (nSPS) is 11.6. The average Bonchev–Trinajstić information content (AvgIpc) is 2.86. The monoisotopic (exact) mass is 641 g/mol. The Morgan fingerprint density at radius 2 is 1.75 bits per heavy atom. The van der Waals surface area contributed by atoms with Gasteiger partial charge in [0, 0.05) is 25.9 Å².